The van der Waals surface area contributed by atoms with E-state index in [1.807, 2.05) is 0 Å². The van der Waals surface area contributed by atoms with Crippen molar-refractivity contribution in [2.45, 2.75) is 32.1 Å². The lowest BCUT2D eigenvalue weighted by atomic mass is 9.98. The number of hydrogen-bond donors (Lipinski definition) is 1. The Balaban J connectivity index is 1.60. The first kappa shape index (κ1) is 13.6. The Bertz CT molecular complexity index is 323. The van der Waals surface area contributed by atoms with Gasteiger partial charge in [0.1, 0.15) is 0 Å². The van der Waals surface area contributed by atoms with Gasteiger partial charge in [-0.25, -0.2) is 0 Å². The number of nitrogens with two attached hydrogens (primary N) is 1. The van der Waals surface area contributed by atoms with Crippen molar-refractivity contribution in [1.82, 2.24) is 4.90 Å². The minimum absolute atomic E-state index is 0.743. The molecular formula is C16H26N2. The third-order valence-corrected chi connectivity index (χ3v) is 3.97. The van der Waals surface area contributed by atoms with E-state index in [4.69, 9.17) is 5.73 Å². The van der Waals surface area contributed by atoms with Crippen LogP contribution in [0.4, 0.5) is 0 Å². The molecule has 1 unspecified atom stereocenters. The van der Waals surface area contributed by atoms with Crippen LogP contribution in [0.3, 0.4) is 0 Å². The number of nitrogens with zero attached hydrogens (tertiary/aromatic N) is 1. The largest absolute Gasteiger partial charge is 0.330 e. The first-order valence-corrected chi connectivity index (χ1v) is 7.35. The molecule has 1 heterocycles. The second kappa shape index (κ2) is 7.55. The van der Waals surface area contributed by atoms with Gasteiger partial charge in [-0.1, -0.05) is 30.3 Å². The summed E-state index contributed by atoms with van der Waals surface area (Å²) < 4.78 is 0. The molecule has 0 aliphatic carbocycles. The maximum atomic E-state index is 5.77. The summed E-state index contributed by atoms with van der Waals surface area (Å²) in [5.41, 5.74) is 7.24. The molecule has 2 heteroatoms. The van der Waals surface area contributed by atoms with Crippen molar-refractivity contribution in [3.05, 3.63) is 35.9 Å². The summed E-state index contributed by atoms with van der Waals surface area (Å²) in [6.07, 6.45) is 6.49. The standard InChI is InChI=1S/C16H26N2/c17-13-16-10-6-12-18(14-16)11-5-4-9-15-7-2-1-3-8-15/h1-3,7-8,16H,4-6,9-14,17H2. The molecular weight excluding hydrogens is 220 g/mol. The first-order valence-electron chi connectivity index (χ1n) is 7.35. The van der Waals surface area contributed by atoms with Crippen LogP contribution in [0, 0.1) is 5.92 Å². The lowest BCUT2D eigenvalue weighted by molar-refractivity contribution is 0.175. The van der Waals surface area contributed by atoms with Crippen LogP contribution >= 0.6 is 0 Å². The molecule has 1 aromatic carbocycles. The van der Waals surface area contributed by atoms with Crippen LogP contribution in [0.2, 0.25) is 0 Å². The number of likely N-dealkylation sites (tertiary alicyclic amines) is 1. The van der Waals surface area contributed by atoms with Gasteiger partial charge < -0.3 is 10.6 Å². The normalized spacial score (nSPS) is 21.1. The summed E-state index contributed by atoms with van der Waals surface area (Å²) in [6, 6.07) is 10.8. The lowest BCUT2D eigenvalue weighted by Gasteiger charge is -2.32. The number of unbranched alkanes of at least 4 members (excludes halogenated alkanes) is 1. The summed E-state index contributed by atoms with van der Waals surface area (Å²) in [5, 5.41) is 0. The molecule has 1 aliphatic rings. The molecule has 2 rings (SSSR count). The Hall–Kier alpha value is -0.860. The van der Waals surface area contributed by atoms with E-state index in [1.54, 1.807) is 0 Å². The fraction of sp³-hybridized carbons (Fsp3) is 0.625. The second-order valence-corrected chi connectivity index (χ2v) is 5.49. The molecule has 0 radical (unpaired) electrons. The van der Waals surface area contributed by atoms with Gasteiger partial charge in [0.15, 0.2) is 0 Å². The zero-order valence-electron chi connectivity index (χ0n) is 11.4. The van der Waals surface area contributed by atoms with Gasteiger partial charge in [-0.05, 0) is 63.2 Å². The summed E-state index contributed by atoms with van der Waals surface area (Å²) in [4.78, 5) is 2.60. The van der Waals surface area contributed by atoms with E-state index in [0.29, 0.717) is 0 Å². The second-order valence-electron chi connectivity index (χ2n) is 5.49. The van der Waals surface area contributed by atoms with Crippen LogP contribution in [0.1, 0.15) is 31.2 Å². The molecule has 0 amide bonds. The zero-order valence-corrected chi connectivity index (χ0v) is 11.4. The summed E-state index contributed by atoms with van der Waals surface area (Å²) in [6.45, 7) is 4.62. The van der Waals surface area contributed by atoms with E-state index in [-0.39, 0.29) is 0 Å². The van der Waals surface area contributed by atoms with Gasteiger partial charge in [0.25, 0.3) is 0 Å². The minimum atomic E-state index is 0.743. The van der Waals surface area contributed by atoms with Crippen molar-refractivity contribution in [3.63, 3.8) is 0 Å². The number of hydrogen-bond acceptors (Lipinski definition) is 2. The average molecular weight is 246 g/mol. The quantitative estimate of drug-likeness (QED) is 0.782. The number of benzene rings is 1. The monoisotopic (exact) mass is 246 g/mol. The first-order chi connectivity index (χ1) is 8.88. The van der Waals surface area contributed by atoms with Crippen LogP contribution in [-0.4, -0.2) is 31.1 Å². The molecule has 100 valence electrons. The average Bonchev–Trinajstić information content (AvgIpc) is 2.45. The van der Waals surface area contributed by atoms with Gasteiger partial charge in [-0.3, -0.25) is 0 Å². The molecule has 0 spiro atoms. The maximum Gasteiger partial charge on any atom is 0.00217 e. The minimum Gasteiger partial charge on any atom is -0.330 e. The Morgan fingerprint density at radius 3 is 2.78 bits per heavy atom. The molecule has 1 fully saturated rings. The Labute approximate surface area is 111 Å². The third-order valence-electron chi connectivity index (χ3n) is 3.97. The fourth-order valence-corrected chi connectivity index (χ4v) is 2.86. The fourth-order valence-electron chi connectivity index (χ4n) is 2.86. The molecule has 1 aliphatic heterocycles. The molecule has 1 aromatic rings. The molecule has 0 saturated carbocycles. The van der Waals surface area contributed by atoms with Crippen molar-refractivity contribution in [3.8, 4) is 0 Å². The highest BCUT2D eigenvalue weighted by molar-refractivity contribution is 5.14. The number of piperidine rings is 1. The van der Waals surface area contributed by atoms with Crippen LogP contribution in [0.5, 0.6) is 0 Å². The molecule has 2 N–H and O–H groups in total. The summed E-state index contributed by atoms with van der Waals surface area (Å²) in [7, 11) is 0. The molecule has 1 atom stereocenters. The Morgan fingerprint density at radius 1 is 1.17 bits per heavy atom. The maximum absolute atomic E-state index is 5.77. The molecule has 1 saturated heterocycles. The Morgan fingerprint density at radius 2 is 2.00 bits per heavy atom. The van der Waals surface area contributed by atoms with Crippen molar-refractivity contribution in [2.24, 2.45) is 11.7 Å². The topological polar surface area (TPSA) is 29.3 Å². The third kappa shape index (κ3) is 4.43. The highest BCUT2D eigenvalue weighted by Crippen LogP contribution is 2.16. The van der Waals surface area contributed by atoms with Gasteiger partial charge in [0.05, 0.1) is 0 Å². The SMILES string of the molecule is NCC1CCCN(CCCCc2ccccc2)C1. The van der Waals surface area contributed by atoms with Crippen LogP contribution < -0.4 is 5.73 Å². The van der Waals surface area contributed by atoms with E-state index in [0.717, 1.165) is 12.5 Å². The van der Waals surface area contributed by atoms with Crippen molar-refractivity contribution < 1.29 is 0 Å². The van der Waals surface area contributed by atoms with Gasteiger partial charge in [0, 0.05) is 6.54 Å². The predicted molar refractivity (Wildman–Crippen MR) is 77.6 cm³/mol. The van der Waals surface area contributed by atoms with Crippen molar-refractivity contribution in [2.75, 3.05) is 26.2 Å². The van der Waals surface area contributed by atoms with Gasteiger partial charge in [-0.2, -0.15) is 0 Å². The molecule has 18 heavy (non-hydrogen) atoms. The molecule has 2 nitrogen and oxygen atoms in total. The van der Waals surface area contributed by atoms with Crippen LogP contribution in [0.25, 0.3) is 0 Å². The Kier molecular flexibility index (Phi) is 5.69. The van der Waals surface area contributed by atoms with Crippen LogP contribution in [0.15, 0.2) is 30.3 Å². The van der Waals surface area contributed by atoms with Crippen molar-refractivity contribution in [1.29, 1.82) is 0 Å². The smallest absolute Gasteiger partial charge is 0.00217 e. The predicted octanol–water partition coefficient (Wildman–Crippen LogP) is 2.68. The van der Waals surface area contributed by atoms with Gasteiger partial charge >= 0.3 is 0 Å². The highest BCUT2D eigenvalue weighted by atomic mass is 15.1. The number of aryl methyl sites for hydroxylation is 1. The zero-order chi connectivity index (χ0) is 12.6. The van der Waals surface area contributed by atoms with E-state index < -0.39 is 0 Å². The van der Waals surface area contributed by atoms with Crippen LogP contribution in [-0.2, 0) is 6.42 Å². The summed E-state index contributed by atoms with van der Waals surface area (Å²) in [5.74, 6) is 0.743. The van der Waals surface area contributed by atoms with E-state index in [9.17, 15) is 0 Å². The van der Waals surface area contributed by atoms with E-state index in [1.165, 1.54) is 57.3 Å². The highest BCUT2D eigenvalue weighted by Gasteiger charge is 2.17. The summed E-state index contributed by atoms with van der Waals surface area (Å²) >= 11 is 0. The molecule has 0 aromatic heterocycles. The van der Waals surface area contributed by atoms with Crippen molar-refractivity contribution >= 4 is 0 Å². The lowest BCUT2D eigenvalue weighted by Crippen LogP contribution is -2.38. The van der Waals surface area contributed by atoms with E-state index >= 15 is 0 Å². The van der Waals surface area contributed by atoms with Gasteiger partial charge in [0.2, 0.25) is 0 Å². The van der Waals surface area contributed by atoms with Gasteiger partial charge in [-0.15, -0.1) is 0 Å². The number of rotatable bonds is 6. The molecule has 0 bridgehead atoms. The van der Waals surface area contributed by atoms with E-state index in [2.05, 4.69) is 35.2 Å².